The van der Waals surface area contributed by atoms with E-state index in [1.165, 1.54) is 12.1 Å². The molecule has 3 saturated heterocycles. The van der Waals surface area contributed by atoms with Gasteiger partial charge in [-0.2, -0.15) is 0 Å². The van der Waals surface area contributed by atoms with Gasteiger partial charge in [-0.3, -0.25) is 19.8 Å². The SMILES string of the molecule is COCC1CCN(c2ccc(C(=O)N3CCN(C4NC(=O)C5CCCCC5N4)CC3)cc2)C1. The average Bonchev–Trinajstić information content (AvgIpc) is 3.33. The van der Waals surface area contributed by atoms with Gasteiger partial charge in [-0.15, -0.1) is 0 Å². The first-order valence-corrected chi connectivity index (χ1v) is 12.6. The van der Waals surface area contributed by atoms with Crippen LogP contribution in [-0.4, -0.2) is 86.9 Å². The van der Waals surface area contributed by atoms with Crippen molar-refractivity contribution in [2.45, 2.75) is 44.4 Å². The molecule has 180 valence electrons. The van der Waals surface area contributed by atoms with Gasteiger partial charge in [0.15, 0.2) is 0 Å². The number of nitrogens with zero attached hydrogens (tertiary/aromatic N) is 3. The number of amides is 2. The van der Waals surface area contributed by atoms with E-state index in [0.717, 1.165) is 64.0 Å². The maximum absolute atomic E-state index is 13.1. The number of hydrogen-bond acceptors (Lipinski definition) is 6. The maximum Gasteiger partial charge on any atom is 0.253 e. The van der Waals surface area contributed by atoms with Gasteiger partial charge in [-0.25, -0.2) is 0 Å². The number of nitrogens with one attached hydrogen (secondary N) is 2. The Kier molecular flexibility index (Phi) is 6.85. The van der Waals surface area contributed by atoms with Crippen molar-refractivity contribution in [3.63, 3.8) is 0 Å². The van der Waals surface area contributed by atoms with Crippen molar-refractivity contribution >= 4 is 17.5 Å². The minimum absolute atomic E-state index is 0.0906. The lowest BCUT2D eigenvalue weighted by molar-refractivity contribution is -0.134. The third-order valence-corrected chi connectivity index (χ3v) is 7.89. The predicted octanol–water partition coefficient (Wildman–Crippen LogP) is 1.48. The summed E-state index contributed by atoms with van der Waals surface area (Å²) < 4.78 is 5.30. The van der Waals surface area contributed by atoms with Crippen molar-refractivity contribution in [2.24, 2.45) is 11.8 Å². The van der Waals surface area contributed by atoms with Crippen LogP contribution in [0.5, 0.6) is 0 Å². The van der Waals surface area contributed by atoms with Crippen LogP contribution < -0.4 is 15.5 Å². The lowest BCUT2D eigenvalue weighted by Gasteiger charge is -2.46. The number of ether oxygens (including phenoxy) is 1. The second-order valence-corrected chi connectivity index (χ2v) is 10.0. The molecule has 0 radical (unpaired) electrons. The van der Waals surface area contributed by atoms with Crippen LogP contribution >= 0.6 is 0 Å². The Hall–Kier alpha value is -2.16. The molecule has 3 aliphatic heterocycles. The van der Waals surface area contributed by atoms with Gasteiger partial charge in [-0.05, 0) is 43.5 Å². The van der Waals surface area contributed by atoms with E-state index in [0.29, 0.717) is 19.0 Å². The zero-order valence-electron chi connectivity index (χ0n) is 19.7. The Bertz CT molecular complexity index is 839. The lowest BCUT2D eigenvalue weighted by Crippen LogP contribution is -2.69. The van der Waals surface area contributed by atoms with Crippen LogP contribution in [0.3, 0.4) is 0 Å². The highest BCUT2D eigenvalue weighted by Crippen LogP contribution is 2.28. The molecular weight excluding hydrogens is 418 g/mol. The summed E-state index contributed by atoms with van der Waals surface area (Å²) in [5.74, 6) is 0.980. The molecule has 4 aliphatic rings. The van der Waals surface area contributed by atoms with E-state index in [1.807, 2.05) is 17.0 Å². The molecule has 4 fully saturated rings. The molecule has 2 N–H and O–H groups in total. The molecule has 5 rings (SSSR count). The molecule has 8 heteroatoms. The van der Waals surface area contributed by atoms with Crippen molar-refractivity contribution in [1.29, 1.82) is 0 Å². The Balaban J connectivity index is 1.13. The molecule has 1 aromatic carbocycles. The topological polar surface area (TPSA) is 77.2 Å². The van der Waals surface area contributed by atoms with Crippen molar-refractivity contribution in [1.82, 2.24) is 20.4 Å². The van der Waals surface area contributed by atoms with Gasteiger partial charge >= 0.3 is 0 Å². The highest BCUT2D eigenvalue weighted by molar-refractivity contribution is 5.94. The van der Waals surface area contributed by atoms with Gasteiger partial charge in [0.2, 0.25) is 5.91 Å². The third kappa shape index (κ3) is 4.88. The average molecular weight is 456 g/mol. The van der Waals surface area contributed by atoms with E-state index < -0.39 is 0 Å². The molecule has 3 heterocycles. The van der Waals surface area contributed by atoms with Gasteiger partial charge in [-0.1, -0.05) is 12.8 Å². The second-order valence-electron chi connectivity index (χ2n) is 10.0. The monoisotopic (exact) mass is 455 g/mol. The molecule has 4 atom stereocenters. The summed E-state index contributed by atoms with van der Waals surface area (Å²) in [6.45, 7) is 5.72. The van der Waals surface area contributed by atoms with Crippen molar-refractivity contribution < 1.29 is 14.3 Å². The first-order chi connectivity index (χ1) is 16.1. The maximum atomic E-state index is 13.1. The number of anilines is 1. The van der Waals surface area contributed by atoms with E-state index in [9.17, 15) is 9.59 Å². The summed E-state index contributed by atoms with van der Waals surface area (Å²) in [6.07, 6.45) is 5.44. The molecule has 1 aliphatic carbocycles. The van der Waals surface area contributed by atoms with E-state index in [1.54, 1.807) is 7.11 Å². The molecule has 0 spiro atoms. The number of carbonyl (C=O) groups excluding carboxylic acids is 2. The van der Waals surface area contributed by atoms with Crippen LogP contribution in [0.2, 0.25) is 0 Å². The van der Waals surface area contributed by atoms with Gasteiger partial charge in [0.05, 0.1) is 12.5 Å². The number of hydrogen-bond donors (Lipinski definition) is 2. The number of piperazine rings is 1. The molecule has 1 saturated carbocycles. The quantitative estimate of drug-likeness (QED) is 0.701. The summed E-state index contributed by atoms with van der Waals surface area (Å²) in [5.41, 5.74) is 1.92. The van der Waals surface area contributed by atoms with Crippen molar-refractivity contribution in [3.8, 4) is 0 Å². The summed E-state index contributed by atoms with van der Waals surface area (Å²) >= 11 is 0. The molecule has 33 heavy (non-hydrogen) atoms. The standard InChI is InChI=1S/C25H37N5O3/c1-33-17-18-10-11-30(16-18)20-8-6-19(7-9-20)24(32)28-12-14-29(15-13-28)25-26-22-5-3-2-4-21(22)23(31)27-25/h6-9,18,21-22,25-26H,2-5,10-17H2,1H3,(H,27,31). The zero-order valence-corrected chi connectivity index (χ0v) is 19.7. The molecule has 2 amide bonds. The van der Waals surface area contributed by atoms with Crippen LogP contribution in [0, 0.1) is 11.8 Å². The van der Waals surface area contributed by atoms with Crippen LogP contribution in [0.15, 0.2) is 24.3 Å². The normalized spacial score (nSPS) is 30.8. The first kappa shape index (κ1) is 22.6. The smallest absolute Gasteiger partial charge is 0.253 e. The fourth-order valence-corrected chi connectivity index (χ4v) is 5.95. The summed E-state index contributed by atoms with van der Waals surface area (Å²) in [7, 11) is 1.76. The number of fused-ring (bicyclic) bond motifs is 1. The summed E-state index contributed by atoms with van der Waals surface area (Å²) in [4.78, 5) is 32.2. The highest BCUT2D eigenvalue weighted by atomic mass is 16.5. The molecule has 4 unspecified atom stereocenters. The molecule has 8 nitrogen and oxygen atoms in total. The van der Waals surface area contributed by atoms with Crippen molar-refractivity contribution in [3.05, 3.63) is 29.8 Å². The number of methoxy groups -OCH3 is 1. The Morgan fingerprint density at radius 2 is 1.79 bits per heavy atom. The molecule has 0 bridgehead atoms. The molecular formula is C25H37N5O3. The Labute approximate surface area is 196 Å². The summed E-state index contributed by atoms with van der Waals surface area (Å²) in [6, 6.07) is 8.34. The number of carbonyl (C=O) groups is 2. The minimum atomic E-state index is -0.115. The van der Waals surface area contributed by atoms with Gasteiger partial charge in [0.1, 0.15) is 6.29 Å². The van der Waals surface area contributed by atoms with Gasteiger partial charge in [0.25, 0.3) is 5.91 Å². The molecule has 0 aromatic heterocycles. The minimum Gasteiger partial charge on any atom is -0.384 e. The van der Waals surface area contributed by atoms with Crippen LogP contribution in [0.25, 0.3) is 0 Å². The Morgan fingerprint density at radius 1 is 1.03 bits per heavy atom. The van der Waals surface area contributed by atoms with E-state index in [4.69, 9.17) is 4.74 Å². The van der Waals surface area contributed by atoms with Gasteiger partial charge in [0, 0.05) is 69.6 Å². The largest absolute Gasteiger partial charge is 0.384 e. The summed E-state index contributed by atoms with van der Waals surface area (Å²) in [5, 5.41) is 6.82. The first-order valence-electron chi connectivity index (χ1n) is 12.6. The molecule has 1 aromatic rings. The fraction of sp³-hybridized carbons (Fsp3) is 0.680. The van der Waals surface area contributed by atoms with Crippen molar-refractivity contribution in [2.75, 3.05) is 57.9 Å². The third-order valence-electron chi connectivity index (χ3n) is 7.89. The highest BCUT2D eigenvalue weighted by Gasteiger charge is 2.40. The van der Waals surface area contributed by atoms with Crippen LogP contribution in [0.1, 0.15) is 42.5 Å². The number of benzene rings is 1. The fourth-order valence-electron chi connectivity index (χ4n) is 5.95. The second kappa shape index (κ2) is 9.99. The number of rotatable bonds is 5. The zero-order chi connectivity index (χ0) is 22.8. The van der Waals surface area contributed by atoms with Crippen LogP contribution in [0.4, 0.5) is 5.69 Å². The van der Waals surface area contributed by atoms with E-state index >= 15 is 0 Å². The Morgan fingerprint density at radius 3 is 2.55 bits per heavy atom. The van der Waals surface area contributed by atoms with Crippen LogP contribution in [-0.2, 0) is 9.53 Å². The van der Waals surface area contributed by atoms with E-state index in [2.05, 4.69) is 32.6 Å². The van der Waals surface area contributed by atoms with Gasteiger partial charge < -0.3 is 19.9 Å². The lowest BCUT2D eigenvalue weighted by atomic mass is 9.82. The predicted molar refractivity (Wildman–Crippen MR) is 127 cm³/mol. The van der Waals surface area contributed by atoms with E-state index in [-0.39, 0.29) is 30.1 Å².